The summed E-state index contributed by atoms with van der Waals surface area (Å²) in [6.07, 6.45) is 2.10. The molecular weight excluding hydrogens is 140 g/mol. The Morgan fingerprint density at radius 2 is 2.09 bits per heavy atom. The van der Waals surface area contributed by atoms with Crippen molar-refractivity contribution in [2.24, 2.45) is 5.73 Å². The molecule has 0 bridgehead atoms. The molecule has 1 amide bonds. The zero-order valence-corrected chi connectivity index (χ0v) is 7.55. The molecule has 0 aliphatic heterocycles. The van der Waals surface area contributed by atoms with Crippen molar-refractivity contribution in [1.29, 1.82) is 0 Å². The molecule has 0 aliphatic carbocycles. The highest BCUT2D eigenvalue weighted by Gasteiger charge is 2.09. The Balaban J connectivity index is 3.57. The molecule has 3 N–H and O–H groups in total. The van der Waals surface area contributed by atoms with Crippen molar-refractivity contribution in [3.63, 3.8) is 0 Å². The van der Waals surface area contributed by atoms with Crippen molar-refractivity contribution < 1.29 is 4.79 Å². The van der Waals surface area contributed by atoms with Crippen LogP contribution in [0.25, 0.3) is 0 Å². The molecule has 0 aromatic carbocycles. The molecule has 2 atom stereocenters. The highest BCUT2D eigenvalue weighted by molar-refractivity contribution is 5.81. The van der Waals surface area contributed by atoms with Crippen LogP contribution in [0.5, 0.6) is 0 Å². The lowest BCUT2D eigenvalue weighted by Gasteiger charge is -2.14. The molecule has 0 unspecified atom stereocenters. The van der Waals surface area contributed by atoms with E-state index in [0.717, 1.165) is 12.8 Å². The predicted molar refractivity (Wildman–Crippen MR) is 46.2 cm³/mol. The molecule has 3 nitrogen and oxygen atoms in total. The zero-order valence-electron chi connectivity index (χ0n) is 7.55. The summed E-state index contributed by atoms with van der Waals surface area (Å²) in [5, 5.41) is 2.82. The van der Waals surface area contributed by atoms with Crippen molar-refractivity contribution in [2.75, 3.05) is 0 Å². The molecule has 0 rings (SSSR count). The van der Waals surface area contributed by atoms with E-state index in [0.29, 0.717) is 0 Å². The maximum atomic E-state index is 11.0. The third-order valence-electron chi connectivity index (χ3n) is 1.52. The van der Waals surface area contributed by atoms with Gasteiger partial charge in [0.1, 0.15) is 0 Å². The van der Waals surface area contributed by atoms with Crippen LogP contribution in [0.4, 0.5) is 0 Å². The van der Waals surface area contributed by atoms with Crippen molar-refractivity contribution in [3.05, 3.63) is 0 Å². The van der Waals surface area contributed by atoms with Gasteiger partial charge in [-0.2, -0.15) is 0 Å². The average Bonchev–Trinajstić information content (AvgIpc) is 1.87. The summed E-state index contributed by atoms with van der Waals surface area (Å²) in [5.41, 5.74) is 5.37. The minimum atomic E-state index is -0.394. The zero-order chi connectivity index (χ0) is 8.85. The summed E-state index contributed by atoms with van der Waals surface area (Å²) in [6, 6.07) is -0.146. The first-order chi connectivity index (χ1) is 5.07. The van der Waals surface area contributed by atoms with Gasteiger partial charge in [-0.1, -0.05) is 13.3 Å². The Bertz CT molecular complexity index is 123. The van der Waals surface area contributed by atoms with Crippen LogP contribution in [0.2, 0.25) is 0 Å². The number of nitrogens with one attached hydrogen (secondary N) is 1. The monoisotopic (exact) mass is 158 g/mol. The molecule has 0 radical (unpaired) electrons. The molecule has 0 aromatic heterocycles. The van der Waals surface area contributed by atoms with E-state index in [1.54, 1.807) is 6.92 Å². The molecule has 0 saturated heterocycles. The van der Waals surface area contributed by atoms with Crippen LogP contribution in [0.3, 0.4) is 0 Å². The predicted octanol–water partition coefficient (Wildman–Crippen LogP) is 0.638. The van der Waals surface area contributed by atoms with Crippen molar-refractivity contribution >= 4 is 5.91 Å². The van der Waals surface area contributed by atoms with E-state index in [4.69, 9.17) is 5.73 Å². The Morgan fingerprint density at radius 3 is 2.45 bits per heavy atom. The van der Waals surface area contributed by atoms with Crippen molar-refractivity contribution in [2.45, 2.75) is 45.7 Å². The maximum Gasteiger partial charge on any atom is 0.236 e. The van der Waals surface area contributed by atoms with Gasteiger partial charge in [-0.15, -0.1) is 0 Å². The molecule has 0 spiro atoms. The van der Waals surface area contributed by atoms with Gasteiger partial charge in [0, 0.05) is 6.04 Å². The van der Waals surface area contributed by atoms with Gasteiger partial charge < -0.3 is 11.1 Å². The molecule has 3 heteroatoms. The van der Waals surface area contributed by atoms with Gasteiger partial charge in [0.15, 0.2) is 0 Å². The Morgan fingerprint density at radius 1 is 1.55 bits per heavy atom. The molecule has 66 valence electrons. The number of hydrogen-bond acceptors (Lipinski definition) is 2. The molecule has 11 heavy (non-hydrogen) atoms. The fourth-order valence-electron chi connectivity index (χ4n) is 0.879. The van der Waals surface area contributed by atoms with Crippen LogP contribution in [0.1, 0.15) is 33.6 Å². The topological polar surface area (TPSA) is 55.1 Å². The van der Waals surface area contributed by atoms with E-state index in [2.05, 4.69) is 12.2 Å². The van der Waals surface area contributed by atoms with E-state index in [1.807, 2.05) is 6.92 Å². The first-order valence-corrected chi connectivity index (χ1v) is 4.13. The van der Waals surface area contributed by atoms with Gasteiger partial charge in [-0.25, -0.2) is 0 Å². The number of rotatable bonds is 4. The number of hydrogen-bond donors (Lipinski definition) is 2. The maximum absolute atomic E-state index is 11.0. The van der Waals surface area contributed by atoms with Crippen LogP contribution in [0, 0.1) is 0 Å². The molecule has 0 saturated carbocycles. The normalized spacial score (nSPS) is 15.6. The molecular formula is C8H18N2O. The van der Waals surface area contributed by atoms with Gasteiger partial charge >= 0.3 is 0 Å². The second-order valence-corrected chi connectivity index (χ2v) is 2.99. The van der Waals surface area contributed by atoms with Crippen molar-refractivity contribution in [1.82, 2.24) is 5.32 Å². The number of nitrogens with two attached hydrogens (primary N) is 1. The van der Waals surface area contributed by atoms with E-state index >= 15 is 0 Å². The first-order valence-electron chi connectivity index (χ1n) is 4.13. The van der Waals surface area contributed by atoms with Crippen LogP contribution in [0.15, 0.2) is 0 Å². The smallest absolute Gasteiger partial charge is 0.236 e. The minimum absolute atomic E-state index is 0.0639. The largest absolute Gasteiger partial charge is 0.352 e. The third-order valence-corrected chi connectivity index (χ3v) is 1.52. The number of amides is 1. The molecule has 0 aliphatic rings. The summed E-state index contributed by atoms with van der Waals surface area (Å²) in [5.74, 6) is -0.0639. The fraction of sp³-hybridized carbons (Fsp3) is 0.875. The van der Waals surface area contributed by atoms with Gasteiger partial charge in [0.05, 0.1) is 6.04 Å². The van der Waals surface area contributed by atoms with Crippen LogP contribution >= 0.6 is 0 Å². The lowest BCUT2D eigenvalue weighted by atomic mass is 10.2. The number of carbonyl (C=O) groups is 1. The third kappa shape index (κ3) is 4.79. The Kier molecular flexibility index (Phi) is 4.86. The summed E-state index contributed by atoms with van der Waals surface area (Å²) >= 11 is 0. The SMILES string of the molecule is CCC[C@H](C)NC(=O)[C@H](C)N. The molecule has 0 aromatic rings. The highest BCUT2D eigenvalue weighted by Crippen LogP contribution is 1.94. The Hall–Kier alpha value is -0.570. The van der Waals surface area contributed by atoms with Gasteiger partial charge in [-0.3, -0.25) is 4.79 Å². The first kappa shape index (κ1) is 10.4. The average molecular weight is 158 g/mol. The lowest BCUT2D eigenvalue weighted by molar-refractivity contribution is -0.122. The van der Waals surface area contributed by atoms with E-state index in [1.165, 1.54) is 0 Å². The summed E-state index contributed by atoms with van der Waals surface area (Å²) < 4.78 is 0. The van der Waals surface area contributed by atoms with Crippen LogP contribution in [-0.2, 0) is 4.79 Å². The quantitative estimate of drug-likeness (QED) is 0.630. The summed E-state index contributed by atoms with van der Waals surface area (Å²) in [7, 11) is 0. The highest BCUT2D eigenvalue weighted by atomic mass is 16.2. The van der Waals surface area contributed by atoms with Gasteiger partial charge in [-0.05, 0) is 20.3 Å². The second kappa shape index (κ2) is 5.13. The van der Waals surface area contributed by atoms with Gasteiger partial charge in [0.25, 0.3) is 0 Å². The Labute approximate surface area is 68.3 Å². The minimum Gasteiger partial charge on any atom is -0.352 e. The van der Waals surface area contributed by atoms with Gasteiger partial charge in [0.2, 0.25) is 5.91 Å². The van der Waals surface area contributed by atoms with Crippen LogP contribution < -0.4 is 11.1 Å². The standard InChI is InChI=1S/C8H18N2O/c1-4-5-6(2)10-8(11)7(3)9/h6-7H,4-5,9H2,1-3H3,(H,10,11)/t6-,7-/m0/s1. The molecule has 0 fully saturated rings. The summed E-state index contributed by atoms with van der Waals surface area (Å²) in [4.78, 5) is 11.0. The van der Waals surface area contributed by atoms with Crippen molar-refractivity contribution in [3.8, 4) is 0 Å². The van der Waals surface area contributed by atoms with Crippen LogP contribution in [-0.4, -0.2) is 18.0 Å². The molecule has 0 heterocycles. The van der Waals surface area contributed by atoms with E-state index in [9.17, 15) is 4.79 Å². The lowest BCUT2D eigenvalue weighted by Crippen LogP contribution is -2.42. The summed E-state index contributed by atoms with van der Waals surface area (Å²) in [6.45, 7) is 5.77. The number of carbonyl (C=O) groups excluding carboxylic acids is 1. The fourth-order valence-corrected chi connectivity index (χ4v) is 0.879. The van der Waals surface area contributed by atoms with E-state index < -0.39 is 6.04 Å². The second-order valence-electron chi connectivity index (χ2n) is 2.99. The van der Waals surface area contributed by atoms with E-state index in [-0.39, 0.29) is 11.9 Å².